The van der Waals surface area contributed by atoms with E-state index in [1.54, 1.807) is 30.3 Å². The van der Waals surface area contributed by atoms with Crippen LogP contribution < -0.4 is 4.57 Å². The molecule has 0 radical (unpaired) electrons. The van der Waals surface area contributed by atoms with Crippen LogP contribution >= 0.6 is 0 Å². The lowest BCUT2D eigenvalue weighted by molar-refractivity contribution is -0.671. The number of halogens is 7. The van der Waals surface area contributed by atoms with Crippen LogP contribution in [0.3, 0.4) is 0 Å². The minimum Gasteiger partial charge on any atom is -0.371 e. The summed E-state index contributed by atoms with van der Waals surface area (Å²) in [5.74, 6) is -11.4. The Hall–Kier alpha value is -1.32. The van der Waals surface area contributed by atoms with Crippen LogP contribution in [0.2, 0.25) is 0 Å². The normalized spacial score (nSPS) is 13.8. The first kappa shape index (κ1) is 16.7. The van der Waals surface area contributed by atoms with Crippen LogP contribution in [0.1, 0.15) is 0 Å². The number of alkyl halides is 7. The van der Waals surface area contributed by atoms with Crippen molar-refractivity contribution in [2.24, 2.45) is 7.05 Å². The van der Waals surface area contributed by atoms with Crippen LogP contribution in [-0.4, -0.2) is 35.8 Å². The SMILES string of the molecule is C[n+]1ccn(CCOCC(F)(F)C(F)(F)C(F)(F)F)c1. The molecule has 0 aromatic carbocycles. The van der Waals surface area contributed by atoms with Crippen LogP contribution in [0.25, 0.3) is 0 Å². The van der Waals surface area contributed by atoms with E-state index >= 15 is 0 Å². The van der Waals surface area contributed by atoms with E-state index in [4.69, 9.17) is 0 Å². The summed E-state index contributed by atoms with van der Waals surface area (Å²) in [4.78, 5) is 0. The molecule has 1 aromatic heterocycles. The quantitative estimate of drug-likeness (QED) is 0.447. The summed E-state index contributed by atoms with van der Waals surface area (Å²) in [5.41, 5.74) is 0. The highest BCUT2D eigenvalue weighted by atomic mass is 19.4. The molecule has 0 aliphatic heterocycles. The Morgan fingerprint density at radius 2 is 1.70 bits per heavy atom. The maximum atomic E-state index is 12.8. The zero-order valence-corrected chi connectivity index (χ0v) is 10.3. The molecule has 3 nitrogen and oxygen atoms in total. The number of ether oxygens (including phenoxy) is 1. The molecule has 0 saturated carbocycles. The summed E-state index contributed by atoms with van der Waals surface area (Å²) in [5, 5.41) is 0. The van der Waals surface area contributed by atoms with Crippen molar-refractivity contribution in [1.29, 1.82) is 0 Å². The van der Waals surface area contributed by atoms with Gasteiger partial charge in [-0.1, -0.05) is 0 Å². The molecular formula is C10H12F7N2O+. The standard InChI is InChI=1S/C10H12F7N2O/c1-18-2-3-19(7-18)4-5-20-6-8(11,12)9(13,14)10(15,16)17/h2-3,7H,4-6H2,1H3/q+1. The Morgan fingerprint density at radius 3 is 2.15 bits per heavy atom. The van der Waals surface area contributed by atoms with Crippen LogP contribution in [0.5, 0.6) is 0 Å². The van der Waals surface area contributed by atoms with E-state index in [0.717, 1.165) is 0 Å². The van der Waals surface area contributed by atoms with Gasteiger partial charge in [-0.15, -0.1) is 0 Å². The summed E-state index contributed by atoms with van der Waals surface area (Å²) in [6.45, 7) is -2.38. The van der Waals surface area contributed by atoms with Crippen molar-refractivity contribution in [2.45, 2.75) is 24.6 Å². The molecule has 0 fully saturated rings. The van der Waals surface area contributed by atoms with Gasteiger partial charge in [-0.25, -0.2) is 9.13 Å². The van der Waals surface area contributed by atoms with Gasteiger partial charge in [-0.05, 0) is 0 Å². The summed E-state index contributed by atoms with van der Waals surface area (Å²) >= 11 is 0. The molecule has 0 N–H and O–H groups in total. The average molecular weight is 309 g/mol. The fourth-order valence-corrected chi connectivity index (χ4v) is 1.30. The molecule has 0 spiro atoms. The minimum atomic E-state index is -6.33. The van der Waals surface area contributed by atoms with Gasteiger partial charge in [-0.2, -0.15) is 30.7 Å². The highest BCUT2D eigenvalue weighted by molar-refractivity contribution is 4.90. The van der Waals surface area contributed by atoms with Gasteiger partial charge in [0.05, 0.1) is 13.7 Å². The summed E-state index contributed by atoms with van der Waals surface area (Å²) in [7, 11) is 1.69. The number of imidazole rings is 1. The second kappa shape index (κ2) is 5.58. The first-order chi connectivity index (χ1) is 8.97. The molecule has 1 rings (SSSR count). The highest BCUT2D eigenvalue weighted by Crippen LogP contribution is 2.46. The second-order valence-corrected chi connectivity index (χ2v) is 4.15. The van der Waals surface area contributed by atoms with Crippen molar-refractivity contribution in [3.05, 3.63) is 18.7 Å². The Labute approximate surface area is 109 Å². The smallest absolute Gasteiger partial charge is 0.371 e. The van der Waals surface area contributed by atoms with Gasteiger partial charge in [0.2, 0.25) is 6.33 Å². The number of aromatic nitrogens is 2. The van der Waals surface area contributed by atoms with Gasteiger partial charge in [0.15, 0.2) is 0 Å². The molecule has 1 heterocycles. The largest absolute Gasteiger partial charge is 0.459 e. The fraction of sp³-hybridized carbons (Fsp3) is 0.700. The monoisotopic (exact) mass is 309 g/mol. The molecule has 116 valence electrons. The van der Waals surface area contributed by atoms with E-state index in [0.29, 0.717) is 0 Å². The molecule has 20 heavy (non-hydrogen) atoms. The summed E-state index contributed by atoms with van der Waals surface area (Å²) in [6, 6.07) is 0. The van der Waals surface area contributed by atoms with Crippen LogP contribution in [-0.2, 0) is 18.3 Å². The Kier molecular flexibility index (Phi) is 4.67. The lowest BCUT2D eigenvalue weighted by atomic mass is 10.2. The van der Waals surface area contributed by atoms with Crippen molar-refractivity contribution in [2.75, 3.05) is 13.2 Å². The molecule has 0 atom stereocenters. The maximum Gasteiger partial charge on any atom is 0.459 e. The zero-order chi connectivity index (χ0) is 15.6. The molecule has 10 heteroatoms. The number of rotatable bonds is 6. The van der Waals surface area contributed by atoms with E-state index in [1.807, 2.05) is 0 Å². The fourth-order valence-electron chi connectivity index (χ4n) is 1.30. The van der Waals surface area contributed by atoms with E-state index in [9.17, 15) is 30.7 Å². The molecule has 1 aromatic rings. The van der Waals surface area contributed by atoms with Crippen LogP contribution in [0.4, 0.5) is 30.7 Å². The highest BCUT2D eigenvalue weighted by Gasteiger charge is 2.72. The number of aryl methyl sites for hydroxylation is 1. The zero-order valence-electron chi connectivity index (χ0n) is 10.3. The number of hydrogen-bond acceptors (Lipinski definition) is 1. The average Bonchev–Trinajstić information content (AvgIpc) is 2.69. The van der Waals surface area contributed by atoms with Gasteiger partial charge in [0, 0.05) is 0 Å². The first-order valence-corrected chi connectivity index (χ1v) is 5.38. The van der Waals surface area contributed by atoms with Gasteiger partial charge in [-0.3, -0.25) is 0 Å². The second-order valence-electron chi connectivity index (χ2n) is 4.15. The minimum absolute atomic E-state index is 0.0501. The lowest BCUT2D eigenvalue weighted by Crippen LogP contribution is -2.54. The molecule has 0 aliphatic carbocycles. The van der Waals surface area contributed by atoms with E-state index in [-0.39, 0.29) is 6.54 Å². The predicted molar refractivity (Wildman–Crippen MR) is 52.4 cm³/mol. The Morgan fingerprint density at radius 1 is 1.10 bits per heavy atom. The van der Waals surface area contributed by atoms with Crippen LogP contribution in [0.15, 0.2) is 18.7 Å². The van der Waals surface area contributed by atoms with E-state index < -0.39 is 31.2 Å². The molecular weight excluding hydrogens is 297 g/mol. The summed E-state index contributed by atoms with van der Waals surface area (Å²) in [6.07, 6.45) is -1.57. The van der Waals surface area contributed by atoms with E-state index in [1.165, 1.54) is 4.57 Å². The Balaban J connectivity index is 2.47. The number of nitrogens with zero attached hydrogens (tertiary/aromatic N) is 2. The topological polar surface area (TPSA) is 18.0 Å². The third-order valence-electron chi connectivity index (χ3n) is 2.42. The van der Waals surface area contributed by atoms with E-state index in [2.05, 4.69) is 4.74 Å². The maximum absolute atomic E-state index is 12.8. The van der Waals surface area contributed by atoms with Gasteiger partial charge in [0.25, 0.3) is 0 Å². The molecule has 0 unspecified atom stereocenters. The molecule has 0 amide bonds. The Bertz CT molecular complexity index is 441. The third kappa shape index (κ3) is 3.62. The van der Waals surface area contributed by atoms with Gasteiger partial charge < -0.3 is 4.74 Å². The first-order valence-electron chi connectivity index (χ1n) is 5.38. The van der Waals surface area contributed by atoms with Crippen molar-refractivity contribution < 1.29 is 40.0 Å². The number of hydrogen-bond donors (Lipinski definition) is 0. The summed E-state index contributed by atoms with van der Waals surface area (Å²) < 4.78 is 93.4. The van der Waals surface area contributed by atoms with Crippen molar-refractivity contribution in [3.63, 3.8) is 0 Å². The van der Waals surface area contributed by atoms with Gasteiger partial charge >= 0.3 is 18.0 Å². The third-order valence-corrected chi connectivity index (χ3v) is 2.42. The van der Waals surface area contributed by atoms with Crippen molar-refractivity contribution in [3.8, 4) is 0 Å². The van der Waals surface area contributed by atoms with Crippen molar-refractivity contribution >= 4 is 0 Å². The molecule has 0 aliphatic rings. The molecule has 0 bridgehead atoms. The predicted octanol–water partition coefficient (Wildman–Crippen LogP) is 2.16. The van der Waals surface area contributed by atoms with Crippen molar-refractivity contribution in [1.82, 2.24) is 4.57 Å². The molecule has 0 saturated heterocycles. The lowest BCUT2D eigenvalue weighted by Gasteiger charge is -2.27. The van der Waals surface area contributed by atoms with Crippen LogP contribution in [0, 0.1) is 0 Å². The van der Waals surface area contributed by atoms with Gasteiger partial charge in [0.1, 0.15) is 25.5 Å².